The van der Waals surface area contributed by atoms with Crippen molar-refractivity contribution in [1.82, 2.24) is 10.2 Å². The lowest BCUT2D eigenvalue weighted by atomic mass is 10.2. The summed E-state index contributed by atoms with van der Waals surface area (Å²) in [6.45, 7) is 1.77. The molecule has 70 valence electrons. The predicted molar refractivity (Wildman–Crippen MR) is 54.4 cm³/mol. The minimum Gasteiger partial charge on any atom is -0.422 e. The van der Waals surface area contributed by atoms with Crippen LogP contribution in [0.15, 0.2) is 34.7 Å². The van der Waals surface area contributed by atoms with E-state index in [0.717, 1.165) is 5.56 Å². The Morgan fingerprint density at radius 1 is 1.07 bits per heavy atom. The van der Waals surface area contributed by atoms with Crippen LogP contribution in [-0.4, -0.2) is 10.2 Å². The highest BCUT2D eigenvalue weighted by Gasteiger charge is 1.95. The van der Waals surface area contributed by atoms with E-state index in [4.69, 9.17) is 4.42 Å². The van der Waals surface area contributed by atoms with E-state index in [-0.39, 0.29) is 0 Å². The third kappa shape index (κ3) is 2.07. The van der Waals surface area contributed by atoms with Crippen LogP contribution in [0.4, 0.5) is 0 Å². The van der Waals surface area contributed by atoms with Crippen molar-refractivity contribution >= 4 is 12.2 Å². The molecule has 0 spiro atoms. The van der Waals surface area contributed by atoms with Gasteiger partial charge in [0.1, 0.15) is 0 Å². The smallest absolute Gasteiger partial charge is 0.240 e. The van der Waals surface area contributed by atoms with Crippen LogP contribution in [0.3, 0.4) is 0 Å². The molecule has 0 radical (unpaired) electrons. The lowest BCUT2D eigenvalue weighted by molar-refractivity contribution is 0.510. The number of aryl methyl sites for hydroxylation is 1. The van der Waals surface area contributed by atoms with Gasteiger partial charge in [-0.2, -0.15) is 0 Å². The largest absolute Gasteiger partial charge is 0.422 e. The maximum absolute atomic E-state index is 5.20. The average Bonchev–Trinajstić information content (AvgIpc) is 2.63. The van der Waals surface area contributed by atoms with E-state index in [1.165, 1.54) is 0 Å². The van der Waals surface area contributed by atoms with Gasteiger partial charge in [-0.05, 0) is 11.6 Å². The fourth-order valence-electron chi connectivity index (χ4n) is 1.11. The van der Waals surface area contributed by atoms with Gasteiger partial charge in [0, 0.05) is 13.0 Å². The van der Waals surface area contributed by atoms with Crippen molar-refractivity contribution in [2.45, 2.75) is 6.92 Å². The Morgan fingerprint density at radius 3 is 2.50 bits per heavy atom. The minimum absolute atomic E-state index is 0.534. The van der Waals surface area contributed by atoms with Crippen molar-refractivity contribution in [2.75, 3.05) is 0 Å². The molecule has 3 heteroatoms. The summed E-state index contributed by atoms with van der Waals surface area (Å²) in [4.78, 5) is 0. The third-order valence-electron chi connectivity index (χ3n) is 1.76. The summed E-state index contributed by atoms with van der Waals surface area (Å²) < 4.78 is 5.20. The van der Waals surface area contributed by atoms with Gasteiger partial charge < -0.3 is 4.42 Å². The van der Waals surface area contributed by atoms with E-state index in [2.05, 4.69) is 10.2 Å². The number of rotatable bonds is 2. The first-order chi connectivity index (χ1) is 6.84. The molecule has 0 atom stereocenters. The molecule has 3 nitrogen and oxygen atoms in total. The van der Waals surface area contributed by atoms with Gasteiger partial charge in [-0.3, -0.25) is 0 Å². The summed E-state index contributed by atoms with van der Waals surface area (Å²) in [7, 11) is 0. The summed E-state index contributed by atoms with van der Waals surface area (Å²) in [6.07, 6.45) is 3.74. The minimum atomic E-state index is 0.534. The lowest BCUT2D eigenvalue weighted by Crippen LogP contribution is -1.72. The van der Waals surface area contributed by atoms with E-state index in [1.807, 2.05) is 36.4 Å². The third-order valence-corrected chi connectivity index (χ3v) is 1.76. The Balaban J connectivity index is 2.15. The van der Waals surface area contributed by atoms with Gasteiger partial charge in [-0.1, -0.05) is 30.3 Å². The van der Waals surface area contributed by atoms with Crippen LogP contribution in [0.2, 0.25) is 0 Å². The van der Waals surface area contributed by atoms with Gasteiger partial charge in [-0.15, -0.1) is 10.2 Å². The standard InChI is InChI=1S/C11H10N2O/c1-9-12-13-11(14-9)8-7-10-5-3-2-4-6-10/h2-8H,1H3. The molecule has 1 aromatic carbocycles. The SMILES string of the molecule is Cc1nnc(C=Cc2ccccc2)o1. The summed E-state index contributed by atoms with van der Waals surface area (Å²) in [5.74, 6) is 1.11. The monoisotopic (exact) mass is 186 g/mol. The van der Waals surface area contributed by atoms with Gasteiger partial charge in [-0.25, -0.2) is 0 Å². The van der Waals surface area contributed by atoms with E-state index >= 15 is 0 Å². The zero-order valence-corrected chi connectivity index (χ0v) is 7.84. The summed E-state index contributed by atoms with van der Waals surface area (Å²) in [5.41, 5.74) is 1.11. The fourth-order valence-corrected chi connectivity index (χ4v) is 1.11. The van der Waals surface area contributed by atoms with E-state index in [1.54, 1.807) is 13.0 Å². The summed E-state index contributed by atoms with van der Waals surface area (Å²) in [5, 5.41) is 7.59. The van der Waals surface area contributed by atoms with Crippen LogP contribution < -0.4 is 0 Å². The van der Waals surface area contributed by atoms with Crippen molar-refractivity contribution in [3.05, 3.63) is 47.7 Å². The fraction of sp³-hybridized carbons (Fsp3) is 0.0909. The first-order valence-electron chi connectivity index (χ1n) is 4.38. The molecule has 1 aromatic heterocycles. The average molecular weight is 186 g/mol. The first-order valence-corrected chi connectivity index (χ1v) is 4.38. The topological polar surface area (TPSA) is 38.9 Å². The van der Waals surface area contributed by atoms with Crippen LogP contribution >= 0.6 is 0 Å². The van der Waals surface area contributed by atoms with E-state index in [0.29, 0.717) is 11.8 Å². The predicted octanol–water partition coefficient (Wildman–Crippen LogP) is 2.55. The highest BCUT2D eigenvalue weighted by Crippen LogP contribution is 2.06. The molecule has 0 aliphatic heterocycles. The number of hydrogen-bond acceptors (Lipinski definition) is 3. The Morgan fingerprint density at radius 2 is 1.86 bits per heavy atom. The van der Waals surface area contributed by atoms with Crippen molar-refractivity contribution in [1.29, 1.82) is 0 Å². The Labute approximate surface area is 82.1 Å². The van der Waals surface area contributed by atoms with E-state index in [9.17, 15) is 0 Å². The highest BCUT2D eigenvalue weighted by molar-refractivity contribution is 5.65. The number of hydrogen-bond donors (Lipinski definition) is 0. The van der Waals surface area contributed by atoms with Crippen LogP contribution in [0.25, 0.3) is 12.2 Å². The van der Waals surface area contributed by atoms with Crippen molar-refractivity contribution in [3.63, 3.8) is 0 Å². The van der Waals surface area contributed by atoms with Crippen LogP contribution in [0.5, 0.6) is 0 Å². The molecule has 0 bridgehead atoms. The zero-order chi connectivity index (χ0) is 9.80. The number of benzene rings is 1. The van der Waals surface area contributed by atoms with Gasteiger partial charge >= 0.3 is 0 Å². The molecule has 0 aliphatic rings. The highest BCUT2D eigenvalue weighted by atomic mass is 16.4. The molecule has 0 N–H and O–H groups in total. The van der Waals surface area contributed by atoms with Gasteiger partial charge in [0.05, 0.1) is 0 Å². The summed E-state index contributed by atoms with van der Waals surface area (Å²) >= 11 is 0. The molecule has 0 saturated heterocycles. The Hall–Kier alpha value is -1.90. The lowest BCUT2D eigenvalue weighted by Gasteiger charge is -1.88. The Bertz CT molecular complexity index is 432. The Kier molecular flexibility index (Phi) is 2.40. The van der Waals surface area contributed by atoms with E-state index < -0.39 is 0 Å². The molecule has 1 heterocycles. The van der Waals surface area contributed by atoms with Crippen LogP contribution in [-0.2, 0) is 0 Å². The molecule has 0 amide bonds. The zero-order valence-electron chi connectivity index (χ0n) is 7.84. The molecule has 0 aliphatic carbocycles. The molecule has 2 aromatic rings. The molecular formula is C11H10N2O. The molecule has 14 heavy (non-hydrogen) atoms. The number of aromatic nitrogens is 2. The second-order valence-electron chi connectivity index (χ2n) is 2.90. The maximum Gasteiger partial charge on any atom is 0.240 e. The maximum atomic E-state index is 5.20. The van der Waals surface area contributed by atoms with Gasteiger partial charge in [0.15, 0.2) is 0 Å². The van der Waals surface area contributed by atoms with Crippen LogP contribution in [0, 0.1) is 6.92 Å². The first kappa shape index (κ1) is 8.69. The van der Waals surface area contributed by atoms with Crippen molar-refractivity contribution in [3.8, 4) is 0 Å². The second kappa shape index (κ2) is 3.87. The van der Waals surface area contributed by atoms with Crippen molar-refractivity contribution < 1.29 is 4.42 Å². The van der Waals surface area contributed by atoms with Gasteiger partial charge in [0.25, 0.3) is 0 Å². The van der Waals surface area contributed by atoms with Crippen LogP contribution in [0.1, 0.15) is 17.3 Å². The second-order valence-corrected chi connectivity index (χ2v) is 2.90. The quantitative estimate of drug-likeness (QED) is 0.723. The number of nitrogens with zero attached hydrogens (tertiary/aromatic N) is 2. The normalized spacial score (nSPS) is 10.9. The molecular weight excluding hydrogens is 176 g/mol. The molecule has 0 unspecified atom stereocenters. The molecule has 2 rings (SSSR count). The van der Waals surface area contributed by atoms with Gasteiger partial charge in [0.2, 0.25) is 11.8 Å². The van der Waals surface area contributed by atoms with Crippen molar-refractivity contribution in [2.24, 2.45) is 0 Å². The summed E-state index contributed by atoms with van der Waals surface area (Å²) in [6, 6.07) is 9.98. The molecule has 0 fully saturated rings. The molecule has 0 saturated carbocycles.